The van der Waals surface area contributed by atoms with E-state index in [0.29, 0.717) is 18.5 Å². The zero-order valence-corrected chi connectivity index (χ0v) is 20.1. The van der Waals surface area contributed by atoms with Crippen LogP contribution in [0.4, 0.5) is 0 Å². The molecule has 1 aliphatic heterocycles. The first-order valence-electron chi connectivity index (χ1n) is 11.9. The normalized spacial score (nSPS) is 17.1. The van der Waals surface area contributed by atoms with Crippen LogP contribution in [0.5, 0.6) is 0 Å². The molecule has 0 saturated carbocycles. The lowest BCUT2D eigenvalue weighted by atomic mass is 10.0. The molecule has 7 N–H and O–H groups in total. The minimum Gasteiger partial charge on any atom is -0.481 e. The van der Waals surface area contributed by atoms with Crippen LogP contribution in [0.25, 0.3) is 0 Å². The molecule has 37 heavy (non-hydrogen) atoms. The molecule has 0 aromatic heterocycles. The Labute approximate surface area is 213 Å². The largest absolute Gasteiger partial charge is 0.481 e. The van der Waals surface area contributed by atoms with Gasteiger partial charge in [-0.2, -0.15) is 0 Å². The molecule has 13 heteroatoms. The third-order valence-corrected chi connectivity index (χ3v) is 5.83. The highest BCUT2D eigenvalue weighted by molar-refractivity contribution is 5.94. The molecule has 1 saturated heterocycles. The summed E-state index contributed by atoms with van der Waals surface area (Å²) >= 11 is 0. The molecule has 0 spiro atoms. The van der Waals surface area contributed by atoms with E-state index in [1.165, 1.54) is 0 Å². The molecule has 4 unspecified atom stereocenters. The Morgan fingerprint density at radius 2 is 1.35 bits per heavy atom. The molecule has 4 atom stereocenters. The van der Waals surface area contributed by atoms with E-state index in [1.807, 2.05) is 0 Å². The van der Waals surface area contributed by atoms with Crippen molar-refractivity contribution in [2.24, 2.45) is 0 Å². The van der Waals surface area contributed by atoms with Gasteiger partial charge in [0.05, 0.1) is 6.04 Å². The maximum Gasteiger partial charge on any atom is 0.326 e. The van der Waals surface area contributed by atoms with Crippen LogP contribution >= 0.6 is 0 Å². The van der Waals surface area contributed by atoms with Crippen molar-refractivity contribution in [3.63, 3.8) is 0 Å². The van der Waals surface area contributed by atoms with Gasteiger partial charge in [-0.3, -0.25) is 24.0 Å². The van der Waals surface area contributed by atoms with E-state index >= 15 is 0 Å². The lowest BCUT2D eigenvalue weighted by molar-refractivity contribution is -0.143. The molecular weight excluding hydrogens is 488 g/mol. The highest BCUT2D eigenvalue weighted by Gasteiger charge is 2.32. The highest BCUT2D eigenvalue weighted by atomic mass is 16.4. The molecule has 1 heterocycles. The van der Waals surface area contributed by atoms with E-state index in [9.17, 15) is 33.9 Å². The first-order valence-corrected chi connectivity index (χ1v) is 11.9. The van der Waals surface area contributed by atoms with Gasteiger partial charge in [0.2, 0.25) is 17.7 Å². The number of hydrogen-bond acceptors (Lipinski definition) is 7. The summed E-state index contributed by atoms with van der Waals surface area (Å²) in [5.74, 6) is -6.06. The van der Waals surface area contributed by atoms with Gasteiger partial charge in [-0.1, -0.05) is 30.3 Å². The quantitative estimate of drug-likeness (QED) is 0.154. The molecule has 202 valence electrons. The van der Waals surface area contributed by atoms with Crippen molar-refractivity contribution in [1.82, 2.24) is 21.3 Å². The van der Waals surface area contributed by atoms with Gasteiger partial charge in [-0.15, -0.1) is 0 Å². The molecule has 0 aliphatic carbocycles. The van der Waals surface area contributed by atoms with E-state index in [-0.39, 0.29) is 19.3 Å². The summed E-state index contributed by atoms with van der Waals surface area (Å²) in [6.07, 6.45) is -0.316. The molecule has 1 aromatic rings. The zero-order valence-electron chi connectivity index (χ0n) is 20.1. The third-order valence-electron chi connectivity index (χ3n) is 5.83. The van der Waals surface area contributed by atoms with Crippen molar-refractivity contribution in [1.29, 1.82) is 0 Å². The molecule has 13 nitrogen and oxygen atoms in total. The number of benzene rings is 1. The first-order chi connectivity index (χ1) is 17.6. The summed E-state index contributed by atoms with van der Waals surface area (Å²) in [6, 6.07) is 3.90. The monoisotopic (exact) mass is 520 g/mol. The fraction of sp³-hybridized carbons (Fsp3) is 0.500. The molecular formula is C24H32N4O9. The van der Waals surface area contributed by atoms with Crippen LogP contribution in [0.15, 0.2) is 30.3 Å². The van der Waals surface area contributed by atoms with Gasteiger partial charge in [-0.25, -0.2) is 4.79 Å². The average molecular weight is 521 g/mol. The van der Waals surface area contributed by atoms with Crippen molar-refractivity contribution >= 4 is 35.6 Å². The van der Waals surface area contributed by atoms with Crippen molar-refractivity contribution in [2.45, 2.75) is 69.1 Å². The smallest absolute Gasteiger partial charge is 0.326 e. The van der Waals surface area contributed by atoms with E-state index in [4.69, 9.17) is 10.2 Å². The summed E-state index contributed by atoms with van der Waals surface area (Å²) in [6.45, 7) is 0.620. The SMILES string of the molecule is O=C(O)CCC(NC(=O)C(CCC(=O)O)NC(=O)C1CCCN1)C(=O)NC(Cc1ccccc1)C(=O)O. The highest BCUT2D eigenvalue weighted by Crippen LogP contribution is 2.09. The standard InChI is InChI=1S/C24H32N4O9/c29-19(30)10-8-16(26-21(33)15-7-4-12-25-15)22(34)27-17(9-11-20(31)32)23(35)28-18(24(36)37)13-14-5-2-1-3-6-14/h1-3,5-6,15-18,25H,4,7-13H2,(H,26,33)(H,27,34)(H,28,35)(H,29,30)(H,31,32)(H,36,37). The van der Waals surface area contributed by atoms with Crippen molar-refractivity contribution in [3.05, 3.63) is 35.9 Å². The van der Waals surface area contributed by atoms with Crippen LogP contribution in [-0.2, 0) is 35.2 Å². The number of carboxylic acid groups (broad SMARTS) is 3. The van der Waals surface area contributed by atoms with Crippen molar-refractivity contribution in [2.75, 3.05) is 6.54 Å². The summed E-state index contributed by atoms with van der Waals surface area (Å²) in [5.41, 5.74) is 0.637. The van der Waals surface area contributed by atoms with Crippen LogP contribution in [0.1, 0.15) is 44.1 Å². The summed E-state index contributed by atoms with van der Waals surface area (Å²) < 4.78 is 0. The van der Waals surface area contributed by atoms with Gasteiger partial charge in [-0.05, 0) is 37.8 Å². The Balaban J connectivity index is 2.14. The molecule has 0 radical (unpaired) electrons. The molecule has 0 bridgehead atoms. The van der Waals surface area contributed by atoms with Gasteiger partial charge >= 0.3 is 17.9 Å². The second-order valence-corrected chi connectivity index (χ2v) is 8.73. The van der Waals surface area contributed by atoms with Crippen LogP contribution in [0, 0.1) is 0 Å². The average Bonchev–Trinajstić information content (AvgIpc) is 3.39. The lowest BCUT2D eigenvalue weighted by Gasteiger charge is -2.25. The van der Waals surface area contributed by atoms with Crippen LogP contribution in [-0.4, -0.2) is 81.7 Å². The maximum atomic E-state index is 13.0. The first kappa shape index (κ1) is 29.2. The van der Waals surface area contributed by atoms with E-state index in [1.54, 1.807) is 30.3 Å². The fourth-order valence-electron chi connectivity index (χ4n) is 3.85. The number of carbonyl (C=O) groups is 6. The minimum atomic E-state index is -1.44. The molecule has 3 amide bonds. The number of carbonyl (C=O) groups excluding carboxylic acids is 3. The van der Waals surface area contributed by atoms with Crippen LogP contribution in [0.2, 0.25) is 0 Å². The van der Waals surface area contributed by atoms with E-state index < -0.39 is 72.6 Å². The number of aliphatic carboxylic acids is 3. The van der Waals surface area contributed by atoms with Gasteiger partial charge in [0.1, 0.15) is 18.1 Å². The van der Waals surface area contributed by atoms with Crippen molar-refractivity contribution < 1.29 is 44.1 Å². The minimum absolute atomic E-state index is 0.0484. The molecule has 1 aliphatic rings. The Morgan fingerprint density at radius 3 is 1.84 bits per heavy atom. The Kier molecular flexibility index (Phi) is 11.5. The zero-order chi connectivity index (χ0) is 27.4. The summed E-state index contributed by atoms with van der Waals surface area (Å²) in [7, 11) is 0. The molecule has 1 aromatic carbocycles. The van der Waals surface area contributed by atoms with E-state index in [0.717, 1.165) is 6.42 Å². The number of amides is 3. The Hall–Kier alpha value is -4.00. The molecule has 2 rings (SSSR count). The predicted octanol–water partition coefficient (Wildman–Crippen LogP) is -0.750. The Morgan fingerprint density at radius 1 is 0.811 bits per heavy atom. The summed E-state index contributed by atoms with van der Waals surface area (Å²) in [4.78, 5) is 72.4. The second kappa shape index (κ2) is 14.5. The van der Waals surface area contributed by atoms with Crippen molar-refractivity contribution in [3.8, 4) is 0 Å². The third kappa shape index (κ3) is 10.3. The topological polar surface area (TPSA) is 211 Å². The van der Waals surface area contributed by atoms with E-state index in [2.05, 4.69) is 21.3 Å². The van der Waals surface area contributed by atoms with Crippen LogP contribution < -0.4 is 21.3 Å². The van der Waals surface area contributed by atoms with Gasteiger partial charge < -0.3 is 36.6 Å². The van der Waals surface area contributed by atoms with Gasteiger partial charge in [0, 0.05) is 19.3 Å². The lowest BCUT2D eigenvalue weighted by Crippen LogP contribution is -2.57. The second-order valence-electron chi connectivity index (χ2n) is 8.73. The van der Waals surface area contributed by atoms with Crippen LogP contribution in [0.3, 0.4) is 0 Å². The number of carboxylic acids is 3. The summed E-state index contributed by atoms with van der Waals surface area (Å²) in [5, 5.41) is 37.8. The van der Waals surface area contributed by atoms with Gasteiger partial charge in [0.15, 0.2) is 0 Å². The molecule has 1 fully saturated rings. The maximum absolute atomic E-state index is 13.0. The number of nitrogens with one attached hydrogen (secondary N) is 4. The number of hydrogen-bond donors (Lipinski definition) is 7. The predicted molar refractivity (Wildman–Crippen MR) is 128 cm³/mol. The van der Waals surface area contributed by atoms with Gasteiger partial charge in [0.25, 0.3) is 0 Å². The number of rotatable bonds is 15. The fourth-order valence-corrected chi connectivity index (χ4v) is 3.85. The Bertz CT molecular complexity index is 980.